The van der Waals surface area contributed by atoms with Gasteiger partial charge in [-0.15, -0.1) is 0 Å². The fraction of sp³-hybridized carbons (Fsp3) is 0.125. The Labute approximate surface area is 74.8 Å². The molecule has 0 aromatic heterocycles. The van der Waals surface area contributed by atoms with E-state index >= 15 is 0 Å². The van der Waals surface area contributed by atoms with Crippen molar-refractivity contribution in [2.45, 2.75) is 6.61 Å². The number of thiocarbonyl (C=S) groups is 1. The number of nitrogens with two attached hydrogens (primary N) is 1. The molecule has 0 heterocycles. The summed E-state index contributed by atoms with van der Waals surface area (Å²) in [6.07, 6.45) is 0. The Morgan fingerprint density at radius 1 is 1.58 bits per heavy atom. The third-order valence-corrected chi connectivity index (χ3v) is 1.74. The summed E-state index contributed by atoms with van der Waals surface area (Å²) >= 11 is 4.69. The fourth-order valence-electron chi connectivity index (χ4n) is 0.849. The third-order valence-electron chi connectivity index (χ3n) is 1.50. The Kier molecular flexibility index (Phi) is 2.73. The zero-order valence-corrected chi connectivity index (χ0v) is 7.07. The summed E-state index contributed by atoms with van der Waals surface area (Å²) in [6, 6.07) is 4.16. The number of aliphatic hydroxyl groups excluding tert-OH is 1. The van der Waals surface area contributed by atoms with Crippen molar-refractivity contribution in [3.8, 4) is 0 Å². The molecule has 0 fully saturated rings. The van der Waals surface area contributed by atoms with Crippen molar-refractivity contribution in [1.29, 1.82) is 0 Å². The van der Waals surface area contributed by atoms with E-state index in [9.17, 15) is 4.39 Å². The summed E-state index contributed by atoms with van der Waals surface area (Å²) in [7, 11) is 0. The molecule has 0 saturated heterocycles. The predicted molar refractivity (Wildman–Crippen MR) is 48.2 cm³/mol. The van der Waals surface area contributed by atoms with Gasteiger partial charge in [0.15, 0.2) is 0 Å². The average molecular weight is 185 g/mol. The normalized spacial score (nSPS) is 9.83. The Balaban J connectivity index is 3.13. The Morgan fingerprint density at radius 2 is 2.25 bits per heavy atom. The maximum absolute atomic E-state index is 12.8. The van der Waals surface area contributed by atoms with Gasteiger partial charge in [0, 0.05) is 11.1 Å². The van der Waals surface area contributed by atoms with Gasteiger partial charge in [-0.2, -0.15) is 0 Å². The molecule has 0 aliphatic rings. The van der Waals surface area contributed by atoms with Crippen molar-refractivity contribution in [1.82, 2.24) is 0 Å². The third kappa shape index (κ3) is 1.78. The Morgan fingerprint density at radius 3 is 2.75 bits per heavy atom. The van der Waals surface area contributed by atoms with Crippen LogP contribution in [0.15, 0.2) is 18.2 Å². The lowest BCUT2D eigenvalue weighted by atomic mass is 10.1. The molecule has 0 aliphatic heterocycles. The SMILES string of the molecule is NC(=S)c1ccc(F)c(CO)c1. The summed E-state index contributed by atoms with van der Waals surface area (Å²) in [5.41, 5.74) is 6.09. The minimum atomic E-state index is -0.447. The molecule has 1 aromatic carbocycles. The van der Waals surface area contributed by atoms with Gasteiger partial charge in [-0.1, -0.05) is 12.2 Å². The maximum Gasteiger partial charge on any atom is 0.128 e. The summed E-state index contributed by atoms with van der Waals surface area (Å²) in [6.45, 7) is -0.345. The van der Waals surface area contributed by atoms with Gasteiger partial charge >= 0.3 is 0 Å². The highest BCUT2D eigenvalue weighted by Crippen LogP contribution is 2.10. The molecule has 64 valence electrons. The van der Waals surface area contributed by atoms with E-state index in [0.29, 0.717) is 5.56 Å². The second-order valence-electron chi connectivity index (χ2n) is 2.33. The van der Waals surface area contributed by atoms with E-state index in [-0.39, 0.29) is 17.2 Å². The molecule has 0 amide bonds. The van der Waals surface area contributed by atoms with E-state index in [0.717, 1.165) is 0 Å². The minimum Gasteiger partial charge on any atom is -0.392 e. The van der Waals surface area contributed by atoms with Gasteiger partial charge in [0.1, 0.15) is 10.8 Å². The molecule has 1 aromatic rings. The lowest BCUT2D eigenvalue weighted by Crippen LogP contribution is -2.10. The van der Waals surface area contributed by atoms with Crippen LogP contribution < -0.4 is 5.73 Å². The Hall–Kier alpha value is -1.00. The topological polar surface area (TPSA) is 46.2 Å². The highest BCUT2D eigenvalue weighted by Gasteiger charge is 2.03. The van der Waals surface area contributed by atoms with Gasteiger partial charge in [0.25, 0.3) is 0 Å². The first-order valence-electron chi connectivity index (χ1n) is 3.34. The highest BCUT2D eigenvalue weighted by molar-refractivity contribution is 7.80. The van der Waals surface area contributed by atoms with Gasteiger partial charge in [-0.05, 0) is 18.2 Å². The smallest absolute Gasteiger partial charge is 0.128 e. The first-order valence-corrected chi connectivity index (χ1v) is 3.75. The molecule has 0 radical (unpaired) electrons. The van der Waals surface area contributed by atoms with Crippen LogP contribution in [0.1, 0.15) is 11.1 Å². The van der Waals surface area contributed by atoms with Crippen LogP contribution in [-0.2, 0) is 6.61 Å². The largest absolute Gasteiger partial charge is 0.392 e. The molecule has 1 rings (SSSR count). The molecule has 0 unspecified atom stereocenters. The fourth-order valence-corrected chi connectivity index (χ4v) is 0.976. The number of hydrogen-bond donors (Lipinski definition) is 2. The number of benzene rings is 1. The summed E-state index contributed by atoms with van der Waals surface area (Å²) in [5.74, 6) is -0.447. The van der Waals surface area contributed by atoms with E-state index < -0.39 is 5.82 Å². The second kappa shape index (κ2) is 3.60. The summed E-state index contributed by atoms with van der Waals surface area (Å²) in [4.78, 5) is 0.199. The standard InChI is InChI=1S/C8H8FNOS/c9-7-2-1-5(8(10)12)3-6(7)4-11/h1-3,11H,4H2,(H2,10,12). The number of rotatable bonds is 2. The van der Waals surface area contributed by atoms with Gasteiger partial charge in [0.05, 0.1) is 6.61 Å². The lowest BCUT2D eigenvalue weighted by Gasteiger charge is -2.01. The van der Waals surface area contributed by atoms with Crippen LogP contribution in [0.4, 0.5) is 4.39 Å². The summed E-state index contributed by atoms with van der Waals surface area (Å²) < 4.78 is 12.8. The van der Waals surface area contributed by atoms with E-state index in [1.165, 1.54) is 18.2 Å². The van der Waals surface area contributed by atoms with E-state index in [1.54, 1.807) is 0 Å². The molecule has 12 heavy (non-hydrogen) atoms. The molecular formula is C8H8FNOS. The molecule has 3 N–H and O–H groups in total. The van der Waals surface area contributed by atoms with Gasteiger partial charge < -0.3 is 10.8 Å². The molecular weight excluding hydrogens is 177 g/mol. The number of aliphatic hydroxyl groups is 1. The first-order chi connectivity index (χ1) is 5.65. The quantitative estimate of drug-likeness (QED) is 0.674. The predicted octanol–water partition coefficient (Wildman–Crippen LogP) is 0.952. The molecule has 4 heteroatoms. The highest BCUT2D eigenvalue weighted by atomic mass is 32.1. The number of halogens is 1. The van der Waals surface area contributed by atoms with Gasteiger partial charge in [-0.25, -0.2) is 4.39 Å². The van der Waals surface area contributed by atoms with Crippen LogP contribution in [0.5, 0.6) is 0 Å². The molecule has 0 spiro atoms. The zero-order valence-electron chi connectivity index (χ0n) is 6.25. The van der Waals surface area contributed by atoms with E-state index in [4.69, 9.17) is 10.8 Å². The maximum atomic E-state index is 12.8. The van der Waals surface area contributed by atoms with Crippen LogP contribution in [0.25, 0.3) is 0 Å². The monoisotopic (exact) mass is 185 g/mol. The van der Waals surface area contributed by atoms with Crippen LogP contribution in [0, 0.1) is 5.82 Å². The molecule has 0 saturated carbocycles. The zero-order chi connectivity index (χ0) is 9.14. The molecule has 0 bridgehead atoms. The van der Waals surface area contributed by atoms with Crippen LogP contribution in [-0.4, -0.2) is 10.1 Å². The van der Waals surface area contributed by atoms with Crippen LogP contribution in [0.3, 0.4) is 0 Å². The molecule has 2 nitrogen and oxygen atoms in total. The minimum absolute atomic E-state index is 0.199. The van der Waals surface area contributed by atoms with Gasteiger partial charge in [-0.3, -0.25) is 0 Å². The van der Waals surface area contributed by atoms with Crippen molar-refractivity contribution in [3.63, 3.8) is 0 Å². The Bertz CT molecular complexity index is 314. The van der Waals surface area contributed by atoms with Crippen molar-refractivity contribution >= 4 is 17.2 Å². The second-order valence-corrected chi connectivity index (χ2v) is 2.77. The van der Waals surface area contributed by atoms with Crippen molar-refractivity contribution < 1.29 is 9.50 Å². The lowest BCUT2D eigenvalue weighted by molar-refractivity contribution is 0.275. The van der Waals surface area contributed by atoms with E-state index in [2.05, 4.69) is 12.2 Å². The average Bonchev–Trinajstić information content (AvgIpc) is 2.05. The number of hydrogen-bond acceptors (Lipinski definition) is 2. The van der Waals surface area contributed by atoms with Crippen molar-refractivity contribution in [2.24, 2.45) is 5.73 Å². The van der Waals surface area contributed by atoms with Crippen LogP contribution in [0.2, 0.25) is 0 Å². The van der Waals surface area contributed by atoms with E-state index in [1.807, 2.05) is 0 Å². The molecule has 0 aliphatic carbocycles. The van der Waals surface area contributed by atoms with Gasteiger partial charge in [0.2, 0.25) is 0 Å². The van der Waals surface area contributed by atoms with Crippen LogP contribution >= 0.6 is 12.2 Å². The van der Waals surface area contributed by atoms with Crippen molar-refractivity contribution in [2.75, 3.05) is 0 Å². The molecule has 0 atom stereocenters. The van der Waals surface area contributed by atoms with Crippen molar-refractivity contribution in [3.05, 3.63) is 35.1 Å². The summed E-state index contributed by atoms with van der Waals surface area (Å²) in [5, 5.41) is 8.70. The first kappa shape index (κ1) is 9.09.